The van der Waals surface area contributed by atoms with E-state index in [1.54, 1.807) is 14.2 Å². The van der Waals surface area contributed by atoms with Crippen LogP contribution < -0.4 is 10.1 Å². The molecule has 5 nitrogen and oxygen atoms in total. The summed E-state index contributed by atoms with van der Waals surface area (Å²) in [6.45, 7) is 2.47. The van der Waals surface area contributed by atoms with E-state index >= 15 is 0 Å². The van der Waals surface area contributed by atoms with Crippen LogP contribution in [-0.4, -0.2) is 51.3 Å². The quantitative estimate of drug-likeness (QED) is 0.776. The van der Waals surface area contributed by atoms with Crippen LogP contribution in [0.2, 0.25) is 0 Å². The molecular formula is C16H24N2O3. The first-order valence-corrected chi connectivity index (χ1v) is 7.40. The Kier molecular flexibility index (Phi) is 6.02. The molecule has 1 heterocycles. The highest BCUT2D eigenvalue weighted by atomic mass is 16.5. The highest BCUT2D eigenvalue weighted by Crippen LogP contribution is 2.36. The van der Waals surface area contributed by atoms with Crippen molar-refractivity contribution < 1.29 is 14.3 Å². The number of amides is 1. The standard InChI is InChI=1S/C16H24N2O3/c1-20-11-9-17-12-16(19)18-10-5-7-14(18)13-6-3-4-8-15(13)21-2/h3-4,6,8,14,17H,5,7,9-12H2,1-2H3. The Labute approximate surface area is 126 Å². The number of carbonyl (C=O) groups is 1. The molecule has 5 heteroatoms. The molecule has 2 rings (SSSR count). The van der Waals surface area contributed by atoms with Crippen LogP contribution in [0.1, 0.15) is 24.4 Å². The van der Waals surface area contributed by atoms with Crippen molar-refractivity contribution in [2.75, 3.05) is 40.5 Å². The van der Waals surface area contributed by atoms with E-state index in [1.165, 1.54) is 0 Å². The molecule has 1 aromatic rings. The zero-order chi connectivity index (χ0) is 15.1. The zero-order valence-corrected chi connectivity index (χ0v) is 12.8. The van der Waals surface area contributed by atoms with E-state index in [9.17, 15) is 4.79 Å². The normalized spacial score (nSPS) is 18.0. The lowest BCUT2D eigenvalue weighted by Gasteiger charge is -2.26. The Morgan fingerprint density at radius 3 is 2.95 bits per heavy atom. The number of nitrogens with one attached hydrogen (secondary N) is 1. The Morgan fingerprint density at radius 1 is 1.38 bits per heavy atom. The zero-order valence-electron chi connectivity index (χ0n) is 12.8. The van der Waals surface area contributed by atoms with E-state index in [0.717, 1.165) is 30.7 Å². The summed E-state index contributed by atoms with van der Waals surface area (Å²) in [6, 6.07) is 8.07. The van der Waals surface area contributed by atoms with Crippen LogP contribution in [0, 0.1) is 0 Å². The minimum absolute atomic E-state index is 0.123. The number of benzene rings is 1. The molecule has 1 amide bonds. The average molecular weight is 292 g/mol. The van der Waals surface area contributed by atoms with Gasteiger partial charge in [0.25, 0.3) is 0 Å². The second-order valence-electron chi connectivity index (χ2n) is 5.16. The summed E-state index contributed by atoms with van der Waals surface area (Å²) in [4.78, 5) is 14.3. The van der Waals surface area contributed by atoms with Gasteiger partial charge in [-0.15, -0.1) is 0 Å². The number of hydrogen-bond donors (Lipinski definition) is 1. The predicted octanol–water partition coefficient (Wildman–Crippen LogP) is 1.59. The molecule has 0 bridgehead atoms. The summed E-state index contributed by atoms with van der Waals surface area (Å²) < 4.78 is 10.4. The molecule has 1 aromatic carbocycles. The molecule has 1 unspecified atom stereocenters. The summed E-state index contributed by atoms with van der Waals surface area (Å²) in [6.07, 6.45) is 2.02. The molecule has 1 saturated heterocycles. The molecule has 0 aromatic heterocycles. The van der Waals surface area contributed by atoms with Gasteiger partial charge >= 0.3 is 0 Å². The van der Waals surface area contributed by atoms with Gasteiger partial charge in [-0.1, -0.05) is 18.2 Å². The van der Waals surface area contributed by atoms with E-state index in [2.05, 4.69) is 5.32 Å². The van der Waals surface area contributed by atoms with Gasteiger partial charge in [-0.05, 0) is 18.9 Å². The predicted molar refractivity (Wildman–Crippen MR) is 81.4 cm³/mol. The van der Waals surface area contributed by atoms with Crippen molar-refractivity contribution >= 4 is 5.91 Å². The maximum Gasteiger partial charge on any atom is 0.237 e. The molecule has 1 atom stereocenters. The maximum atomic E-state index is 12.4. The van der Waals surface area contributed by atoms with E-state index in [1.807, 2.05) is 29.2 Å². The molecule has 1 aliphatic heterocycles. The molecule has 1 aliphatic rings. The third kappa shape index (κ3) is 3.95. The van der Waals surface area contributed by atoms with Crippen LogP contribution in [-0.2, 0) is 9.53 Å². The lowest BCUT2D eigenvalue weighted by atomic mass is 10.0. The lowest BCUT2D eigenvalue weighted by molar-refractivity contribution is -0.131. The van der Waals surface area contributed by atoms with E-state index < -0.39 is 0 Å². The van der Waals surface area contributed by atoms with Crippen LogP contribution in [0.15, 0.2) is 24.3 Å². The molecule has 1 fully saturated rings. The Bertz CT molecular complexity index is 465. The van der Waals surface area contributed by atoms with Gasteiger partial charge < -0.3 is 19.7 Å². The van der Waals surface area contributed by atoms with E-state index in [0.29, 0.717) is 19.7 Å². The molecule has 0 spiro atoms. The first kappa shape index (κ1) is 15.8. The van der Waals surface area contributed by atoms with Crippen molar-refractivity contribution in [2.45, 2.75) is 18.9 Å². The molecule has 21 heavy (non-hydrogen) atoms. The molecular weight excluding hydrogens is 268 g/mol. The molecule has 0 radical (unpaired) electrons. The minimum Gasteiger partial charge on any atom is -0.496 e. The maximum absolute atomic E-state index is 12.4. The average Bonchev–Trinajstić information content (AvgIpc) is 3.00. The number of carbonyl (C=O) groups excluding carboxylic acids is 1. The lowest BCUT2D eigenvalue weighted by Crippen LogP contribution is -2.38. The van der Waals surface area contributed by atoms with Gasteiger partial charge in [0.15, 0.2) is 0 Å². The number of nitrogens with zero attached hydrogens (tertiary/aromatic N) is 1. The third-order valence-corrected chi connectivity index (χ3v) is 3.83. The fourth-order valence-corrected chi connectivity index (χ4v) is 2.80. The van der Waals surface area contributed by atoms with Gasteiger partial charge in [0.05, 0.1) is 26.3 Å². The van der Waals surface area contributed by atoms with Gasteiger partial charge in [-0.3, -0.25) is 4.79 Å². The van der Waals surface area contributed by atoms with Crippen molar-refractivity contribution in [3.63, 3.8) is 0 Å². The van der Waals surface area contributed by atoms with Crippen LogP contribution in [0.3, 0.4) is 0 Å². The Balaban J connectivity index is 2.01. The molecule has 116 valence electrons. The third-order valence-electron chi connectivity index (χ3n) is 3.83. The smallest absolute Gasteiger partial charge is 0.237 e. The first-order chi connectivity index (χ1) is 10.3. The fourth-order valence-electron chi connectivity index (χ4n) is 2.80. The topological polar surface area (TPSA) is 50.8 Å². The van der Waals surface area contributed by atoms with E-state index in [-0.39, 0.29) is 11.9 Å². The van der Waals surface area contributed by atoms with Gasteiger partial charge in [0.1, 0.15) is 5.75 Å². The van der Waals surface area contributed by atoms with Gasteiger partial charge in [0.2, 0.25) is 5.91 Å². The summed E-state index contributed by atoms with van der Waals surface area (Å²) in [5.41, 5.74) is 1.10. The van der Waals surface area contributed by atoms with Crippen LogP contribution in [0.4, 0.5) is 0 Å². The second-order valence-corrected chi connectivity index (χ2v) is 5.16. The second kappa shape index (κ2) is 8.00. The van der Waals surface area contributed by atoms with E-state index in [4.69, 9.17) is 9.47 Å². The van der Waals surface area contributed by atoms with Gasteiger partial charge in [-0.2, -0.15) is 0 Å². The van der Waals surface area contributed by atoms with Crippen molar-refractivity contribution in [3.8, 4) is 5.75 Å². The molecule has 1 N–H and O–H groups in total. The fraction of sp³-hybridized carbons (Fsp3) is 0.562. The summed E-state index contributed by atoms with van der Waals surface area (Å²) in [5.74, 6) is 0.994. The van der Waals surface area contributed by atoms with Crippen molar-refractivity contribution in [2.24, 2.45) is 0 Å². The Hall–Kier alpha value is -1.59. The first-order valence-electron chi connectivity index (χ1n) is 7.40. The minimum atomic E-state index is 0.123. The van der Waals surface area contributed by atoms with Gasteiger partial charge in [0, 0.05) is 25.8 Å². The monoisotopic (exact) mass is 292 g/mol. The highest BCUT2D eigenvalue weighted by molar-refractivity contribution is 5.79. The summed E-state index contributed by atoms with van der Waals surface area (Å²) >= 11 is 0. The molecule has 0 saturated carbocycles. The van der Waals surface area contributed by atoms with Crippen molar-refractivity contribution in [3.05, 3.63) is 29.8 Å². The number of hydrogen-bond acceptors (Lipinski definition) is 4. The number of methoxy groups -OCH3 is 2. The summed E-state index contributed by atoms with van der Waals surface area (Å²) in [7, 11) is 3.33. The SMILES string of the molecule is COCCNCC(=O)N1CCCC1c1ccccc1OC. The number of ether oxygens (including phenoxy) is 2. The molecule has 0 aliphatic carbocycles. The van der Waals surface area contributed by atoms with Crippen LogP contribution in [0.25, 0.3) is 0 Å². The summed E-state index contributed by atoms with van der Waals surface area (Å²) in [5, 5.41) is 3.12. The number of rotatable bonds is 7. The highest BCUT2D eigenvalue weighted by Gasteiger charge is 2.31. The van der Waals surface area contributed by atoms with Crippen LogP contribution >= 0.6 is 0 Å². The number of likely N-dealkylation sites (tertiary alicyclic amines) is 1. The van der Waals surface area contributed by atoms with Crippen molar-refractivity contribution in [1.29, 1.82) is 0 Å². The van der Waals surface area contributed by atoms with Crippen LogP contribution in [0.5, 0.6) is 5.75 Å². The number of para-hydroxylation sites is 1. The largest absolute Gasteiger partial charge is 0.496 e. The Morgan fingerprint density at radius 2 is 2.19 bits per heavy atom. The van der Waals surface area contributed by atoms with Gasteiger partial charge in [-0.25, -0.2) is 0 Å². The van der Waals surface area contributed by atoms with Crippen molar-refractivity contribution in [1.82, 2.24) is 10.2 Å².